The summed E-state index contributed by atoms with van der Waals surface area (Å²) in [6.07, 6.45) is -9.20. The van der Waals surface area contributed by atoms with Gasteiger partial charge < -0.3 is 10.8 Å². The smallest absolute Gasteiger partial charge is 0.417 e. The summed E-state index contributed by atoms with van der Waals surface area (Å²) in [7, 11) is 0. The molecule has 0 radical (unpaired) electrons. The van der Waals surface area contributed by atoms with Crippen molar-refractivity contribution in [2.45, 2.75) is 37.2 Å². The standard InChI is InChI=1S/C21H21F6NO2S/c22-20(23,24)16(9-11-31-12-10-18(28)19(29)30)14-7-5-13(6-8-14)15-3-1-2-4-17(15)21(25,26)27/h1-8,16,18H,9-12,28H2,(H,29,30). The summed E-state index contributed by atoms with van der Waals surface area (Å²) in [6, 6.07) is 8.75. The summed E-state index contributed by atoms with van der Waals surface area (Å²) in [5.74, 6) is -2.50. The summed E-state index contributed by atoms with van der Waals surface area (Å²) < 4.78 is 80.2. The molecule has 2 atom stereocenters. The van der Waals surface area contributed by atoms with Crippen molar-refractivity contribution in [1.82, 2.24) is 0 Å². The predicted molar refractivity (Wildman–Crippen MR) is 108 cm³/mol. The summed E-state index contributed by atoms with van der Waals surface area (Å²) in [4.78, 5) is 10.6. The van der Waals surface area contributed by atoms with Gasteiger partial charge in [0.2, 0.25) is 0 Å². The van der Waals surface area contributed by atoms with E-state index in [0.717, 1.165) is 6.07 Å². The van der Waals surface area contributed by atoms with E-state index in [9.17, 15) is 31.1 Å². The molecule has 3 N–H and O–H groups in total. The summed E-state index contributed by atoms with van der Waals surface area (Å²) >= 11 is 1.17. The van der Waals surface area contributed by atoms with Gasteiger partial charge in [-0.05, 0) is 47.1 Å². The highest BCUT2D eigenvalue weighted by Gasteiger charge is 2.40. The van der Waals surface area contributed by atoms with Gasteiger partial charge in [-0.3, -0.25) is 4.79 Å². The highest BCUT2D eigenvalue weighted by molar-refractivity contribution is 7.99. The number of benzene rings is 2. The Kier molecular flexibility index (Phi) is 8.41. The van der Waals surface area contributed by atoms with Crippen molar-refractivity contribution in [2.75, 3.05) is 11.5 Å². The van der Waals surface area contributed by atoms with E-state index < -0.39 is 35.8 Å². The van der Waals surface area contributed by atoms with Crippen LogP contribution in [0, 0.1) is 0 Å². The van der Waals surface area contributed by atoms with Crippen molar-refractivity contribution in [1.29, 1.82) is 0 Å². The monoisotopic (exact) mass is 465 g/mol. The number of rotatable bonds is 9. The molecule has 0 amide bonds. The van der Waals surface area contributed by atoms with Crippen LogP contribution in [0.15, 0.2) is 48.5 Å². The minimum atomic E-state index is -4.58. The minimum absolute atomic E-state index is 0.0384. The zero-order valence-corrected chi connectivity index (χ0v) is 17.0. The molecule has 0 spiro atoms. The van der Waals surface area contributed by atoms with Gasteiger partial charge in [0, 0.05) is 0 Å². The number of aliphatic carboxylic acids is 1. The minimum Gasteiger partial charge on any atom is -0.480 e. The molecular formula is C21H21F6NO2S. The van der Waals surface area contributed by atoms with Crippen LogP contribution in [0.3, 0.4) is 0 Å². The zero-order valence-electron chi connectivity index (χ0n) is 16.2. The van der Waals surface area contributed by atoms with Gasteiger partial charge in [0.1, 0.15) is 6.04 Å². The molecule has 2 unspecified atom stereocenters. The first kappa shape index (κ1) is 25.1. The normalized spacial score (nSPS) is 14.3. The van der Waals surface area contributed by atoms with Crippen LogP contribution in [0.2, 0.25) is 0 Å². The molecule has 2 aromatic rings. The summed E-state index contributed by atoms with van der Waals surface area (Å²) in [6.45, 7) is 0. The van der Waals surface area contributed by atoms with Crippen molar-refractivity contribution >= 4 is 17.7 Å². The van der Waals surface area contributed by atoms with Gasteiger partial charge >= 0.3 is 18.3 Å². The Morgan fingerprint density at radius 1 is 0.935 bits per heavy atom. The fraction of sp³-hybridized carbons (Fsp3) is 0.381. The van der Waals surface area contributed by atoms with Crippen LogP contribution in [0.4, 0.5) is 26.3 Å². The Hall–Kier alpha value is -2.20. The summed E-state index contributed by atoms with van der Waals surface area (Å²) in [5.41, 5.74) is 4.54. The molecule has 170 valence electrons. The Balaban J connectivity index is 2.11. The third-order valence-corrected chi connectivity index (χ3v) is 5.74. The van der Waals surface area contributed by atoms with Crippen molar-refractivity contribution in [3.63, 3.8) is 0 Å². The Morgan fingerprint density at radius 2 is 1.52 bits per heavy atom. The number of halogens is 6. The maximum absolute atomic E-state index is 13.5. The van der Waals surface area contributed by atoms with Crippen LogP contribution in [0.1, 0.15) is 29.9 Å². The molecule has 2 aromatic carbocycles. The van der Waals surface area contributed by atoms with Crippen molar-refractivity contribution in [3.05, 3.63) is 59.7 Å². The first-order valence-corrected chi connectivity index (χ1v) is 10.5. The molecule has 3 nitrogen and oxygen atoms in total. The fourth-order valence-corrected chi connectivity index (χ4v) is 4.06. The number of thioether (sulfide) groups is 1. The van der Waals surface area contributed by atoms with Crippen molar-refractivity contribution in [3.8, 4) is 11.1 Å². The van der Waals surface area contributed by atoms with Gasteiger partial charge in [-0.15, -0.1) is 0 Å². The molecule has 0 fully saturated rings. The zero-order chi connectivity index (χ0) is 23.2. The number of nitrogens with two attached hydrogens (primary N) is 1. The molecule has 0 aliphatic heterocycles. The van der Waals surface area contributed by atoms with Crippen molar-refractivity contribution < 1.29 is 36.2 Å². The predicted octanol–water partition coefficient (Wildman–Crippen LogP) is 5.94. The average molecular weight is 465 g/mol. The van der Waals surface area contributed by atoms with Crippen LogP contribution in [-0.2, 0) is 11.0 Å². The van der Waals surface area contributed by atoms with E-state index in [1.54, 1.807) is 0 Å². The van der Waals surface area contributed by atoms with Crippen LogP contribution in [0.25, 0.3) is 11.1 Å². The number of alkyl halides is 6. The van der Waals surface area contributed by atoms with Crippen LogP contribution < -0.4 is 5.73 Å². The van der Waals surface area contributed by atoms with E-state index in [-0.39, 0.29) is 35.3 Å². The largest absolute Gasteiger partial charge is 0.480 e. The van der Waals surface area contributed by atoms with Crippen LogP contribution >= 0.6 is 11.8 Å². The maximum Gasteiger partial charge on any atom is 0.417 e. The fourth-order valence-electron chi connectivity index (χ4n) is 3.03. The molecule has 31 heavy (non-hydrogen) atoms. The third-order valence-electron chi connectivity index (χ3n) is 4.69. The van der Waals surface area contributed by atoms with Gasteiger partial charge in [0.25, 0.3) is 0 Å². The molecule has 0 heterocycles. The number of carboxylic acid groups (broad SMARTS) is 1. The molecule has 10 heteroatoms. The van der Waals surface area contributed by atoms with Gasteiger partial charge in [0.15, 0.2) is 0 Å². The molecule has 0 aliphatic rings. The number of carboxylic acids is 1. The van der Waals surface area contributed by atoms with Crippen molar-refractivity contribution in [2.24, 2.45) is 5.73 Å². The molecule has 0 aromatic heterocycles. The second kappa shape index (κ2) is 10.4. The third kappa shape index (κ3) is 7.17. The van der Waals surface area contributed by atoms with Crippen LogP contribution in [0.5, 0.6) is 0 Å². The van der Waals surface area contributed by atoms with Gasteiger partial charge in [-0.25, -0.2) is 0 Å². The lowest BCUT2D eigenvalue weighted by molar-refractivity contribution is -0.150. The Bertz CT molecular complexity index is 867. The molecule has 2 rings (SSSR count). The summed E-state index contributed by atoms with van der Waals surface area (Å²) in [5, 5.41) is 8.70. The van der Waals surface area contributed by atoms with E-state index in [1.165, 1.54) is 54.2 Å². The number of hydrogen-bond donors (Lipinski definition) is 2. The second-order valence-electron chi connectivity index (χ2n) is 6.89. The maximum atomic E-state index is 13.5. The lowest BCUT2D eigenvalue weighted by atomic mass is 9.92. The molecule has 0 saturated heterocycles. The van der Waals surface area contributed by atoms with Gasteiger partial charge in [-0.2, -0.15) is 38.1 Å². The van der Waals surface area contributed by atoms with Gasteiger partial charge in [0.05, 0.1) is 11.5 Å². The highest BCUT2D eigenvalue weighted by Crippen LogP contribution is 2.40. The first-order chi connectivity index (χ1) is 14.4. The average Bonchev–Trinajstić information content (AvgIpc) is 2.69. The van der Waals surface area contributed by atoms with Crippen LogP contribution in [-0.4, -0.2) is 34.8 Å². The van der Waals surface area contributed by atoms with E-state index in [2.05, 4.69) is 0 Å². The second-order valence-corrected chi connectivity index (χ2v) is 8.12. The lowest BCUT2D eigenvalue weighted by Gasteiger charge is -2.21. The first-order valence-electron chi connectivity index (χ1n) is 9.30. The molecule has 0 aliphatic carbocycles. The SMILES string of the molecule is NC(CCSCCC(c1ccc(-c2ccccc2C(F)(F)F)cc1)C(F)(F)F)C(=O)O. The van der Waals surface area contributed by atoms with E-state index in [4.69, 9.17) is 10.8 Å². The quantitative estimate of drug-likeness (QED) is 0.355. The number of carbonyl (C=O) groups is 1. The van der Waals surface area contributed by atoms with Gasteiger partial charge in [-0.1, -0.05) is 42.5 Å². The topological polar surface area (TPSA) is 63.3 Å². The molecular weight excluding hydrogens is 444 g/mol. The molecule has 0 bridgehead atoms. The van der Waals surface area contributed by atoms with E-state index >= 15 is 0 Å². The van der Waals surface area contributed by atoms with E-state index in [1.807, 2.05) is 0 Å². The Labute approximate surface area is 179 Å². The number of hydrogen-bond acceptors (Lipinski definition) is 3. The lowest BCUT2D eigenvalue weighted by Crippen LogP contribution is -2.30. The molecule has 0 saturated carbocycles. The van der Waals surface area contributed by atoms with E-state index in [0.29, 0.717) is 5.75 Å². The Morgan fingerprint density at radius 3 is 2.06 bits per heavy atom. The highest BCUT2D eigenvalue weighted by atomic mass is 32.2.